The Hall–Kier alpha value is -3.14. The lowest BCUT2D eigenvalue weighted by molar-refractivity contribution is 0.102. The summed E-state index contributed by atoms with van der Waals surface area (Å²) in [7, 11) is 0. The number of fused-ring (bicyclic) bond motifs is 1. The summed E-state index contributed by atoms with van der Waals surface area (Å²) < 4.78 is 0. The number of nitrogens with zero attached hydrogens (tertiary/aromatic N) is 2. The van der Waals surface area contributed by atoms with Crippen molar-refractivity contribution in [2.75, 3.05) is 10.2 Å². The molecule has 27 heavy (non-hydrogen) atoms. The number of amides is 1. The molecule has 1 unspecified atom stereocenters. The Bertz CT molecular complexity index is 1010. The van der Waals surface area contributed by atoms with E-state index in [1.807, 2.05) is 50.4 Å². The topological polar surface area (TPSA) is 45.2 Å². The van der Waals surface area contributed by atoms with Gasteiger partial charge in [-0.1, -0.05) is 30.3 Å². The molecule has 1 aliphatic heterocycles. The van der Waals surface area contributed by atoms with Gasteiger partial charge >= 0.3 is 0 Å². The van der Waals surface area contributed by atoms with Crippen LogP contribution in [-0.2, 0) is 6.42 Å². The number of hydrogen-bond donors (Lipinski definition) is 1. The van der Waals surface area contributed by atoms with Crippen molar-refractivity contribution in [2.24, 2.45) is 0 Å². The largest absolute Gasteiger partial charge is 0.337 e. The molecule has 0 radical (unpaired) electrons. The van der Waals surface area contributed by atoms with Gasteiger partial charge in [0.05, 0.1) is 17.4 Å². The molecule has 0 spiro atoms. The highest BCUT2D eigenvalue weighted by molar-refractivity contribution is 6.05. The van der Waals surface area contributed by atoms with Crippen LogP contribution in [0.25, 0.3) is 0 Å². The van der Waals surface area contributed by atoms with Gasteiger partial charge in [-0.15, -0.1) is 0 Å². The Kier molecular flexibility index (Phi) is 4.40. The summed E-state index contributed by atoms with van der Waals surface area (Å²) in [5, 5.41) is 3.02. The molecule has 1 atom stereocenters. The summed E-state index contributed by atoms with van der Waals surface area (Å²) >= 11 is 0. The van der Waals surface area contributed by atoms with E-state index in [1.54, 1.807) is 6.20 Å². The predicted octanol–water partition coefficient (Wildman–Crippen LogP) is 5.03. The van der Waals surface area contributed by atoms with E-state index in [0.717, 1.165) is 28.9 Å². The van der Waals surface area contributed by atoms with E-state index in [2.05, 4.69) is 40.3 Å². The van der Waals surface area contributed by atoms with Crippen molar-refractivity contribution >= 4 is 23.0 Å². The lowest BCUT2D eigenvalue weighted by atomic mass is 10.1. The number of nitrogens with one attached hydrogen (secondary N) is 1. The molecule has 0 saturated carbocycles. The Labute approximate surface area is 159 Å². The molecule has 1 aliphatic rings. The lowest BCUT2D eigenvalue weighted by Gasteiger charge is -2.25. The van der Waals surface area contributed by atoms with Gasteiger partial charge in [-0.05, 0) is 62.1 Å². The van der Waals surface area contributed by atoms with Gasteiger partial charge in [0.1, 0.15) is 0 Å². The van der Waals surface area contributed by atoms with Gasteiger partial charge in [-0.2, -0.15) is 0 Å². The van der Waals surface area contributed by atoms with Gasteiger partial charge in [0.2, 0.25) is 0 Å². The van der Waals surface area contributed by atoms with Crippen LogP contribution in [0.2, 0.25) is 0 Å². The first kappa shape index (κ1) is 17.3. The average Bonchev–Trinajstić information content (AvgIpc) is 3.01. The van der Waals surface area contributed by atoms with Crippen LogP contribution in [0.3, 0.4) is 0 Å². The molecule has 3 aromatic rings. The van der Waals surface area contributed by atoms with E-state index in [1.165, 1.54) is 11.3 Å². The smallest absolute Gasteiger partial charge is 0.257 e. The summed E-state index contributed by atoms with van der Waals surface area (Å²) in [5.41, 5.74) is 7.10. The summed E-state index contributed by atoms with van der Waals surface area (Å²) in [5.74, 6) is -0.141. The third kappa shape index (κ3) is 3.19. The number of pyridine rings is 1. The molecule has 2 heterocycles. The molecule has 0 aliphatic carbocycles. The van der Waals surface area contributed by atoms with Gasteiger partial charge in [-0.25, -0.2) is 0 Å². The predicted molar refractivity (Wildman–Crippen MR) is 110 cm³/mol. The maximum absolute atomic E-state index is 12.8. The zero-order chi connectivity index (χ0) is 19.0. The number of anilines is 3. The van der Waals surface area contributed by atoms with E-state index in [0.29, 0.717) is 11.6 Å². The highest BCUT2D eigenvalue weighted by Gasteiger charge is 2.27. The van der Waals surface area contributed by atoms with Gasteiger partial charge < -0.3 is 10.2 Å². The van der Waals surface area contributed by atoms with Crippen LogP contribution in [0.15, 0.2) is 60.9 Å². The van der Waals surface area contributed by atoms with E-state index in [-0.39, 0.29) is 5.91 Å². The molecule has 4 heteroatoms. The highest BCUT2D eigenvalue weighted by atomic mass is 16.1. The fraction of sp³-hybridized carbons (Fsp3) is 0.217. The first-order valence-electron chi connectivity index (χ1n) is 9.24. The normalized spacial score (nSPS) is 15.5. The monoisotopic (exact) mass is 357 g/mol. The summed E-state index contributed by atoms with van der Waals surface area (Å²) in [6.07, 6.45) is 4.44. The van der Waals surface area contributed by atoms with Gasteiger partial charge in [0.15, 0.2) is 0 Å². The lowest BCUT2D eigenvalue weighted by Crippen LogP contribution is -2.24. The first-order valence-corrected chi connectivity index (χ1v) is 9.24. The number of benzene rings is 2. The minimum atomic E-state index is -0.141. The fourth-order valence-corrected chi connectivity index (χ4v) is 3.72. The van der Waals surface area contributed by atoms with Crippen molar-refractivity contribution in [3.63, 3.8) is 0 Å². The molecule has 4 nitrogen and oxygen atoms in total. The van der Waals surface area contributed by atoms with E-state index >= 15 is 0 Å². The molecule has 0 saturated heterocycles. The van der Waals surface area contributed by atoms with Crippen LogP contribution in [0, 0.1) is 13.8 Å². The summed E-state index contributed by atoms with van der Waals surface area (Å²) in [6.45, 7) is 6.25. The van der Waals surface area contributed by atoms with Crippen LogP contribution >= 0.6 is 0 Å². The van der Waals surface area contributed by atoms with Crippen molar-refractivity contribution in [1.29, 1.82) is 0 Å². The van der Waals surface area contributed by atoms with Gasteiger partial charge in [0, 0.05) is 23.6 Å². The molecule has 1 N–H and O–H groups in total. The third-order valence-electron chi connectivity index (χ3n) is 5.32. The molecular formula is C23H23N3O. The Morgan fingerprint density at radius 2 is 1.93 bits per heavy atom. The minimum absolute atomic E-state index is 0.141. The second-order valence-electron chi connectivity index (χ2n) is 7.19. The Balaban J connectivity index is 1.63. The average molecular weight is 357 g/mol. The number of aromatic nitrogens is 1. The van der Waals surface area contributed by atoms with E-state index < -0.39 is 0 Å². The van der Waals surface area contributed by atoms with Crippen molar-refractivity contribution in [2.45, 2.75) is 33.2 Å². The molecule has 1 amide bonds. The maximum atomic E-state index is 12.8. The second kappa shape index (κ2) is 6.88. The minimum Gasteiger partial charge on any atom is -0.337 e. The van der Waals surface area contributed by atoms with Gasteiger partial charge in [0.25, 0.3) is 5.91 Å². The highest BCUT2D eigenvalue weighted by Crippen LogP contribution is 2.38. The molecule has 4 rings (SSSR count). The number of aryl methyl sites for hydroxylation is 1. The number of hydrogen-bond acceptors (Lipinski definition) is 3. The zero-order valence-corrected chi connectivity index (χ0v) is 15.9. The number of carbonyl (C=O) groups excluding carboxylic acids is 1. The number of carbonyl (C=O) groups is 1. The van der Waals surface area contributed by atoms with Crippen LogP contribution in [0.1, 0.15) is 34.0 Å². The van der Waals surface area contributed by atoms with Gasteiger partial charge in [-0.3, -0.25) is 9.78 Å². The molecule has 1 aromatic heterocycles. The Morgan fingerprint density at radius 1 is 1.11 bits per heavy atom. The van der Waals surface area contributed by atoms with Crippen molar-refractivity contribution in [3.05, 3.63) is 83.2 Å². The standard InChI is InChI=1S/C23H23N3O/c1-15-7-6-9-21(17(15)3)25-23(27)19-12-20(14-24-13-19)26-16(2)11-18-8-4-5-10-22(18)26/h4-10,12-14,16H,11H2,1-3H3,(H,25,27). The molecule has 0 fully saturated rings. The summed E-state index contributed by atoms with van der Waals surface area (Å²) in [4.78, 5) is 19.4. The quantitative estimate of drug-likeness (QED) is 0.715. The number of rotatable bonds is 3. The molecule has 136 valence electrons. The Morgan fingerprint density at radius 3 is 2.78 bits per heavy atom. The second-order valence-corrected chi connectivity index (χ2v) is 7.19. The van der Waals surface area contributed by atoms with Crippen LogP contribution < -0.4 is 10.2 Å². The van der Waals surface area contributed by atoms with Crippen LogP contribution in [-0.4, -0.2) is 16.9 Å². The molecule has 0 bridgehead atoms. The van der Waals surface area contributed by atoms with E-state index in [9.17, 15) is 4.79 Å². The van der Waals surface area contributed by atoms with Crippen LogP contribution in [0.4, 0.5) is 17.1 Å². The van der Waals surface area contributed by atoms with E-state index in [4.69, 9.17) is 0 Å². The van der Waals surface area contributed by atoms with Crippen molar-refractivity contribution in [1.82, 2.24) is 4.98 Å². The zero-order valence-electron chi connectivity index (χ0n) is 15.9. The number of para-hydroxylation sites is 1. The molecule has 2 aromatic carbocycles. The maximum Gasteiger partial charge on any atom is 0.257 e. The van der Waals surface area contributed by atoms with Crippen molar-refractivity contribution in [3.8, 4) is 0 Å². The summed E-state index contributed by atoms with van der Waals surface area (Å²) in [6, 6.07) is 16.6. The first-order chi connectivity index (χ1) is 13.0. The fourth-order valence-electron chi connectivity index (χ4n) is 3.72. The third-order valence-corrected chi connectivity index (χ3v) is 5.32. The van der Waals surface area contributed by atoms with Crippen molar-refractivity contribution < 1.29 is 4.79 Å². The SMILES string of the molecule is Cc1cccc(NC(=O)c2cncc(N3c4ccccc4CC3C)c2)c1C. The van der Waals surface area contributed by atoms with Crippen LogP contribution in [0.5, 0.6) is 0 Å². The molecular weight excluding hydrogens is 334 g/mol.